The zero-order valence-electron chi connectivity index (χ0n) is 14.0. The van der Waals surface area contributed by atoms with E-state index in [-0.39, 0.29) is 17.9 Å². The molecule has 0 saturated carbocycles. The highest BCUT2D eigenvalue weighted by molar-refractivity contribution is 5.86. The van der Waals surface area contributed by atoms with E-state index in [1.54, 1.807) is 18.2 Å². The number of aromatic nitrogens is 2. The number of aryl methyl sites for hydroxylation is 1. The second kappa shape index (κ2) is 6.82. The maximum atomic E-state index is 12.1. The number of carboxylic acid groups (broad SMARTS) is 1. The number of hydrogen-bond acceptors (Lipinski definition) is 4. The number of H-pyrrole nitrogens is 1. The standard InChI is InChI=1S/C17H21N3O4/c1-17(2,16(23)24)20(3)14(21)10-6-9-13-18-12-8-5-4-7-11(12)15(22)19-13/h4-5,7-8H,6,9-10H2,1-3H3,(H,23,24)(H,18,19,22). The molecule has 1 amide bonds. The van der Waals surface area contributed by atoms with Crippen LogP contribution in [0.2, 0.25) is 0 Å². The summed E-state index contributed by atoms with van der Waals surface area (Å²) in [6.07, 6.45) is 1.09. The van der Waals surface area contributed by atoms with E-state index >= 15 is 0 Å². The Bertz CT molecular complexity index is 826. The van der Waals surface area contributed by atoms with Gasteiger partial charge in [0.15, 0.2) is 0 Å². The Morgan fingerprint density at radius 1 is 1.29 bits per heavy atom. The average molecular weight is 331 g/mol. The van der Waals surface area contributed by atoms with E-state index in [4.69, 9.17) is 5.11 Å². The molecule has 0 radical (unpaired) electrons. The molecule has 2 N–H and O–H groups in total. The highest BCUT2D eigenvalue weighted by Crippen LogP contribution is 2.15. The second-order valence-corrected chi connectivity index (χ2v) is 6.20. The third-order valence-corrected chi connectivity index (χ3v) is 4.20. The fraction of sp³-hybridized carbons (Fsp3) is 0.412. The van der Waals surface area contributed by atoms with Gasteiger partial charge in [0.2, 0.25) is 5.91 Å². The molecule has 7 nitrogen and oxygen atoms in total. The summed E-state index contributed by atoms with van der Waals surface area (Å²) < 4.78 is 0. The molecule has 1 aromatic carbocycles. The Balaban J connectivity index is 2.01. The first-order valence-electron chi connectivity index (χ1n) is 7.71. The van der Waals surface area contributed by atoms with Crippen LogP contribution in [-0.4, -0.2) is 44.4 Å². The SMILES string of the molecule is CN(C(=O)CCCc1nc2ccccc2c(=O)[nH]1)C(C)(C)C(=O)O. The number of aromatic amines is 1. The Morgan fingerprint density at radius 2 is 1.96 bits per heavy atom. The number of rotatable bonds is 6. The number of nitrogens with zero attached hydrogens (tertiary/aromatic N) is 2. The van der Waals surface area contributed by atoms with E-state index < -0.39 is 11.5 Å². The van der Waals surface area contributed by atoms with Crippen molar-refractivity contribution in [3.8, 4) is 0 Å². The largest absolute Gasteiger partial charge is 0.480 e. The molecule has 0 aliphatic heterocycles. The van der Waals surface area contributed by atoms with Crippen LogP contribution in [0.15, 0.2) is 29.1 Å². The first kappa shape index (κ1) is 17.7. The van der Waals surface area contributed by atoms with Crippen molar-refractivity contribution in [1.82, 2.24) is 14.9 Å². The van der Waals surface area contributed by atoms with Crippen LogP contribution < -0.4 is 5.56 Å². The summed E-state index contributed by atoms with van der Waals surface area (Å²) in [6.45, 7) is 2.96. The predicted molar refractivity (Wildman–Crippen MR) is 89.8 cm³/mol. The van der Waals surface area contributed by atoms with Crippen LogP contribution in [0.3, 0.4) is 0 Å². The number of carbonyl (C=O) groups excluding carboxylic acids is 1. The van der Waals surface area contributed by atoms with Gasteiger partial charge in [0, 0.05) is 19.9 Å². The lowest BCUT2D eigenvalue weighted by atomic mass is 10.0. The van der Waals surface area contributed by atoms with Crippen molar-refractivity contribution >= 4 is 22.8 Å². The van der Waals surface area contributed by atoms with Gasteiger partial charge in [0.05, 0.1) is 10.9 Å². The van der Waals surface area contributed by atoms with Gasteiger partial charge in [-0.1, -0.05) is 12.1 Å². The molecule has 0 fully saturated rings. The van der Waals surface area contributed by atoms with E-state index in [9.17, 15) is 14.4 Å². The lowest BCUT2D eigenvalue weighted by Gasteiger charge is -2.31. The van der Waals surface area contributed by atoms with Crippen molar-refractivity contribution in [3.05, 3.63) is 40.4 Å². The molecule has 1 aromatic heterocycles. The molecule has 2 rings (SSSR count). The zero-order valence-corrected chi connectivity index (χ0v) is 14.0. The van der Waals surface area contributed by atoms with Gasteiger partial charge in [0.1, 0.15) is 11.4 Å². The molecule has 0 unspecified atom stereocenters. The van der Waals surface area contributed by atoms with Gasteiger partial charge in [0.25, 0.3) is 5.56 Å². The number of carboxylic acids is 1. The molecular weight excluding hydrogens is 310 g/mol. The zero-order chi connectivity index (χ0) is 17.9. The van der Waals surface area contributed by atoms with Crippen molar-refractivity contribution in [3.63, 3.8) is 0 Å². The van der Waals surface area contributed by atoms with Crippen LogP contribution in [0.4, 0.5) is 0 Å². The Kier molecular flexibility index (Phi) is 5.02. The number of para-hydroxylation sites is 1. The number of benzene rings is 1. The Labute approximate surface area is 139 Å². The van der Waals surface area contributed by atoms with Gasteiger partial charge >= 0.3 is 5.97 Å². The molecule has 0 spiro atoms. The summed E-state index contributed by atoms with van der Waals surface area (Å²) in [7, 11) is 1.48. The topological polar surface area (TPSA) is 103 Å². The lowest BCUT2D eigenvalue weighted by molar-refractivity contribution is -0.155. The lowest BCUT2D eigenvalue weighted by Crippen LogP contribution is -2.50. The first-order valence-corrected chi connectivity index (χ1v) is 7.71. The van der Waals surface area contributed by atoms with Gasteiger partial charge in [-0.05, 0) is 32.4 Å². The smallest absolute Gasteiger partial charge is 0.329 e. The van der Waals surface area contributed by atoms with Crippen molar-refractivity contribution < 1.29 is 14.7 Å². The summed E-state index contributed by atoms with van der Waals surface area (Å²) in [5, 5.41) is 9.68. The van der Waals surface area contributed by atoms with Gasteiger partial charge in [-0.2, -0.15) is 0 Å². The maximum Gasteiger partial charge on any atom is 0.329 e. The number of amides is 1. The van der Waals surface area contributed by atoms with Crippen LogP contribution in [0.1, 0.15) is 32.5 Å². The van der Waals surface area contributed by atoms with Crippen LogP contribution in [0.5, 0.6) is 0 Å². The fourth-order valence-corrected chi connectivity index (χ4v) is 2.28. The van der Waals surface area contributed by atoms with Gasteiger partial charge < -0.3 is 15.0 Å². The maximum absolute atomic E-state index is 12.1. The molecule has 24 heavy (non-hydrogen) atoms. The number of hydrogen-bond donors (Lipinski definition) is 2. The number of carbonyl (C=O) groups is 2. The van der Waals surface area contributed by atoms with Crippen LogP contribution >= 0.6 is 0 Å². The monoisotopic (exact) mass is 331 g/mol. The van der Waals surface area contributed by atoms with Gasteiger partial charge in [-0.15, -0.1) is 0 Å². The molecule has 1 heterocycles. The minimum Gasteiger partial charge on any atom is -0.480 e. The Hall–Kier alpha value is -2.70. The molecule has 0 saturated heterocycles. The second-order valence-electron chi connectivity index (χ2n) is 6.20. The van der Waals surface area contributed by atoms with Gasteiger partial charge in [-0.3, -0.25) is 9.59 Å². The molecule has 0 aliphatic rings. The summed E-state index contributed by atoms with van der Waals surface area (Å²) in [5.41, 5.74) is -0.843. The van der Waals surface area contributed by atoms with Crippen molar-refractivity contribution in [2.45, 2.75) is 38.6 Å². The summed E-state index contributed by atoms with van der Waals surface area (Å²) in [4.78, 5) is 43.6. The molecule has 128 valence electrons. The Morgan fingerprint density at radius 3 is 2.62 bits per heavy atom. The van der Waals surface area contributed by atoms with Crippen molar-refractivity contribution in [1.29, 1.82) is 0 Å². The molecule has 0 aliphatic carbocycles. The molecule has 0 atom stereocenters. The minimum atomic E-state index is -1.26. The molecule has 7 heteroatoms. The normalized spacial score (nSPS) is 11.5. The molecule has 0 bridgehead atoms. The third-order valence-electron chi connectivity index (χ3n) is 4.20. The quantitative estimate of drug-likeness (QED) is 0.836. The fourth-order valence-electron chi connectivity index (χ4n) is 2.28. The van der Waals surface area contributed by atoms with Crippen LogP contribution in [0, 0.1) is 0 Å². The number of fused-ring (bicyclic) bond motifs is 1. The summed E-state index contributed by atoms with van der Waals surface area (Å²) in [6, 6.07) is 7.06. The van der Waals surface area contributed by atoms with E-state index in [0.29, 0.717) is 29.6 Å². The first-order chi connectivity index (χ1) is 11.2. The van der Waals surface area contributed by atoms with Gasteiger partial charge in [-0.25, -0.2) is 9.78 Å². The highest BCUT2D eigenvalue weighted by Gasteiger charge is 2.34. The van der Waals surface area contributed by atoms with Crippen LogP contribution in [0.25, 0.3) is 10.9 Å². The molecule has 2 aromatic rings. The van der Waals surface area contributed by atoms with E-state index in [1.165, 1.54) is 25.8 Å². The van der Waals surface area contributed by atoms with Crippen molar-refractivity contribution in [2.75, 3.05) is 7.05 Å². The van der Waals surface area contributed by atoms with E-state index in [2.05, 4.69) is 9.97 Å². The minimum absolute atomic E-state index is 0.184. The third kappa shape index (κ3) is 3.61. The number of aliphatic carboxylic acids is 1. The summed E-state index contributed by atoms with van der Waals surface area (Å²) in [5.74, 6) is -0.795. The summed E-state index contributed by atoms with van der Waals surface area (Å²) >= 11 is 0. The van der Waals surface area contributed by atoms with Crippen LogP contribution in [-0.2, 0) is 16.0 Å². The number of likely N-dealkylation sites (N-methyl/N-ethyl adjacent to an activating group) is 1. The predicted octanol–water partition coefficient (Wildman–Crippen LogP) is 1.57. The van der Waals surface area contributed by atoms with E-state index in [0.717, 1.165) is 0 Å². The van der Waals surface area contributed by atoms with E-state index in [1.807, 2.05) is 6.07 Å². The van der Waals surface area contributed by atoms with Crippen molar-refractivity contribution in [2.24, 2.45) is 0 Å². The average Bonchev–Trinajstić information content (AvgIpc) is 2.54. The highest BCUT2D eigenvalue weighted by atomic mass is 16.4. The number of nitrogens with one attached hydrogen (secondary N) is 1. The molecular formula is C17H21N3O4.